The molecule has 0 radical (unpaired) electrons. The van der Waals surface area contributed by atoms with Crippen molar-refractivity contribution in [3.8, 4) is 11.8 Å². The first-order valence-corrected chi connectivity index (χ1v) is 9.42. The van der Waals surface area contributed by atoms with Crippen molar-refractivity contribution in [2.45, 2.75) is 13.8 Å². The van der Waals surface area contributed by atoms with Crippen LogP contribution in [0.5, 0.6) is 0 Å². The summed E-state index contributed by atoms with van der Waals surface area (Å²) < 4.78 is 7.03. The molecule has 3 rings (SSSR count). The van der Waals surface area contributed by atoms with Gasteiger partial charge in [-0.3, -0.25) is 4.79 Å². The molecule has 146 valence electrons. The van der Waals surface area contributed by atoms with E-state index >= 15 is 0 Å². The van der Waals surface area contributed by atoms with E-state index in [4.69, 9.17) is 33.2 Å². The van der Waals surface area contributed by atoms with Crippen LogP contribution < -0.4 is 0 Å². The highest BCUT2D eigenvalue weighted by atomic mass is 35.5. The first-order valence-electron chi connectivity index (χ1n) is 8.66. The maximum Gasteiger partial charge on any atom is 0.338 e. The molecule has 0 saturated heterocycles. The molecule has 0 unspecified atom stereocenters. The highest BCUT2D eigenvalue weighted by Crippen LogP contribution is 2.27. The lowest BCUT2D eigenvalue weighted by Gasteiger charge is -2.11. The molecule has 0 amide bonds. The Labute approximate surface area is 178 Å². The average molecular weight is 427 g/mol. The summed E-state index contributed by atoms with van der Waals surface area (Å²) in [5, 5.41) is 9.67. The minimum Gasteiger partial charge on any atom is -0.454 e. The number of carbonyl (C=O) groups is 2. The second kappa shape index (κ2) is 8.52. The molecule has 0 atom stereocenters. The van der Waals surface area contributed by atoms with E-state index in [0.717, 1.165) is 11.4 Å². The van der Waals surface area contributed by atoms with Crippen LogP contribution in [0, 0.1) is 25.2 Å². The van der Waals surface area contributed by atoms with E-state index in [-0.39, 0.29) is 18.0 Å². The van der Waals surface area contributed by atoms with E-state index < -0.39 is 5.97 Å². The van der Waals surface area contributed by atoms with Crippen molar-refractivity contribution in [1.29, 1.82) is 5.26 Å². The SMILES string of the molecule is Cc1cc(C(=O)COC(=O)c2ccc(C#N)cc2)c(C)n1-c1ccc(Cl)c(Cl)c1. The number of rotatable bonds is 5. The quantitative estimate of drug-likeness (QED) is 0.409. The van der Waals surface area contributed by atoms with Gasteiger partial charge in [0.1, 0.15) is 0 Å². The smallest absolute Gasteiger partial charge is 0.338 e. The molecule has 0 fully saturated rings. The second-order valence-electron chi connectivity index (χ2n) is 6.41. The van der Waals surface area contributed by atoms with E-state index in [2.05, 4.69) is 0 Å². The van der Waals surface area contributed by atoms with E-state index in [1.54, 1.807) is 18.2 Å². The molecule has 0 spiro atoms. The van der Waals surface area contributed by atoms with Crippen LogP contribution in [0.3, 0.4) is 0 Å². The molecular formula is C22H16Cl2N2O3. The van der Waals surface area contributed by atoms with Gasteiger partial charge in [0.2, 0.25) is 5.78 Å². The Balaban J connectivity index is 1.77. The van der Waals surface area contributed by atoms with Gasteiger partial charge in [-0.1, -0.05) is 23.2 Å². The zero-order chi connectivity index (χ0) is 21.1. The maximum absolute atomic E-state index is 12.6. The van der Waals surface area contributed by atoms with Gasteiger partial charge < -0.3 is 9.30 Å². The van der Waals surface area contributed by atoms with Crippen LogP contribution in [-0.4, -0.2) is 22.9 Å². The number of benzene rings is 2. The Bertz CT molecular complexity index is 1140. The summed E-state index contributed by atoms with van der Waals surface area (Å²) >= 11 is 12.1. The molecule has 1 heterocycles. The Hall–Kier alpha value is -3.07. The van der Waals surface area contributed by atoms with Gasteiger partial charge >= 0.3 is 5.97 Å². The number of ketones is 1. The molecule has 0 bridgehead atoms. The molecule has 0 aliphatic heterocycles. The molecular weight excluding hydrogens is 411 g/mol. The summed E-state index contributed by atoms with van der Waals surface area (Å²) in [7, 11) is 0. The Morgan fingerprint density at radius 1 is 1.03 bits per heavy atom. The van der Waals surface area contributed by atoms with Crippen molar-refractivity contribution in [3.63, 3.8) is 0 Å². The number of halogens is 2. The molecule has 29 heavy (non-hydrogen) atoms. The van der Waals surface area contributed by atoms with Gasteiger partial charge in [0.15, 0.2) is 6.61 Å². The van der Waals surface area contributed by atoms with Crippen LogP contribution in [0.15, 0.2) is 48.5 Å². The molecule has 0 saturated carbocycles. The third kappa shape index (κ3) is 4.34. The standard InChI is InChI=1S/C22H16Cl2N2O3/c1-13-9-18(14(2)26(13)17-7-8-19(23)20(24)10-17)21(27)12-29-22(28)16-5-3-15(11-25)4-6-16/h3-10H,12H2,1-2H3. The second-order valence-corrected chi connectivity index (χ2v) is 7.22. The minimum atomic E-state index is -0.624. The molecule has 2 aromatic carbocycles. The third-order valence-corrected chi connectivity index (χ3v) is 5.22. The van der Waals surface area contributed by atoms with Gasteiger partial charge in [-0.25, -0.2) is 4.79 Å². The van der Waals surface area contributed by atoms with Crippen molar-refractivity contribution in [2.24, 2.45) is 0 Å². The molecule has 7 heteroatoms. The molecule has 1 aromatic heterocycles. The fourth-order valence-electron chi connectivity index (χ4n) is 3.04. The summed E-state index contributed by atoms with van der Waals surface area (Å²) in [6.45, 7) is 3.30. The highest BCUT2D eigenvalue weighted by Gasteiger charge is 2.19. The number of ether oxygens (including phenoxy) is 1. The summed E-state index contributed by atoms with van der Waals surface area (Å²) in [6.07, 6.45) is 0. The van der Waals surface area contributed by atoms with Crippen LogP contribution in [0.4, 0.5) is 0 Å². The summed E-state index contributed by atoms with van der Waals surface area (Å²) in [5.74, 6) is -0.937. The van der Waals surface area contributed by atoms with Crippen molar-refractivity contribution in [3.05, 3.63) is 86.7 Å². The third-order valence-electron chi connectivity index (χ3n) is 4.48. The molecule has 0 N–H and O–H groups in total. The van der Waals surface area contributed by atoms with E-state index in [9.17, 15) is 9.59 Å². The monoisotopic (exact) mass is 426 g/mol. The maximum atomic E-state index is 12.6. The van der Waals surface area contributed by atoms with Gasteiger partial charge in [0, 0.05) is 22.6 Å². The van der Waals surface area contributed by atoms with Gasteiger partial charge in [-0.05, 0) is 62.4 Å². The molecule has 3 aromatic rings. The lowest BCUT2D eigenvalue weighted by molar-refractivity contribution is 0.0474. The van der Waals surface area contributed by atoms with E-state index in [1.165, 1.54) is 24.3 Å². The lowest BCUT2D eigenvalue weighted by atomic mass is 10.1. The molecule has 0 aliphatic carbocycles. The molecule has 5 nitrogen and oxygen atoms in total. The van der Waals surface area contributed by atoms with Crippen LogP contribution in [0.25, 0.3) is 5.69 Å². The van der Waals surface area contributed by atoms with Crippen molar-refractivity contribution < 1.29 is 14.3 Å². The highest BCUT2D eigenvalue weighted by molar-refractivity contribution is 6.42. The van der Waals surface area contributed by atoms with Crippen molar-refractivity contribution >= 4 is 35.0 Å². The number of aromatic nitrogens is 1. The number of nitrogens with zero attached hydrogens (tertiary/aromatic N) is 2. The predicted octanol–water partition coefficient (Wildman–Crippen LogP) is 5.31. The summed E-state index contributed by atoms with van der Waals surface area (Å²) in [4.78, 5) is 24.8. The van der Waals surface area contributed by atoms with Gasteiger partial charge in [-0.15, -0.1) is 0 Å². The van der Waals surface area contributed by atoms with Crippen LogP contribution in [-0.2, 0) is 4.74 Å². The first kappa shape index (κ1) is 20.7. The van der Waals surface area contributed by atoms with E-state index in [1.807, 2.05) is 30.6 Å². The number of hydrogen-bond donors (Lipinski definition) is 0. The number of esters is 1. The van der Waals surface area contributed by atoms with Crippen molar-refractivity contribution in [2.75, 3.05) is 6.61 Å². The van der Waals surface area contributed by atoms with E-state index in [0.29, 0.717) is 26.9 Å². The number of Topliss-reactive ketones (excluding diaryl/α,β-unsaturated/α-hetero) is 1. The van der Waals surface area contributed by atoms with Gasteiger partial charge in [0.05, 0.1) is 27.2 Å². The lowest BCUT2D eigenvalue weighted by Crippen LogP contribution is -2.15. The summed E-state index contributed by atoms with van der Waals surface area (Å²) in [6, 6.07) is 15.0. The van der Waals surface area contributed by atoms with Gasteiger partial charge in [0.25, 0.3) is 0 Å². The molecule has 0 aliphatic rings. The van der Waals surface area contributed by atoms with Gasteiger partial charge in [-0.2, -0.15) is 5.26 Å². The predicted molar refractivity (Wildman–Crippen MR) is 111 cm³/mol. The Morgan fingerprint density at radius 2 is 1.72 bits per heavy atom. The average Bonchev–Trinajstić information content (AvgIpc) is 3.02. The Morgan fingerprint density at radius 3 is 2.34 bits per heavy atom. The topological polar surface area (TPSA) is 72.1 Å². The fourth-order valence-corrected chi connectivity index (χ4v) is 3.33. The zero-order valence-electron chi connectivity index (χ0n) is 15.7. The number of nitriles is 1. The normalized spacial score (nSPS) is 10.4. The number of carbonyl (C=O) groups excluding carboxylic acids is 2. The minimum absolute atomic E-state index is 0.276. The van der Waals surface area contributed by atoms with Crippen LogP contribution in [0.2, 0.25) is 10.0 Å². The van der Waals surface area contributed by atoms with Crippen molar-refractivity contribution in [1.82, 2.24) is 4.57 Å². The number of aryl methyl sites for hydroxylation is 1. The first-order chi connectivity index (χ1) is 13.8. The number of hydrogen-bond acceptors (Lipinski definition) is 4. The zero-order valence-corrected chi connectivity index (χ0v) is 17.2. The Kier molecular flexibility index (Phi) is 6.07. The summed E-state index contributed by atoms with van der Waals surface area (Å²) in [5.41, 5.74) is 3.50. The van der Waals surface area contributed by atoms with Crippen LogP contribution >= 0.6 is 23.2 Å². The largest absolute Gasteiger partial charge is 0.454 e. The van der Waals surface area contributed by atoms with Crippen LogP contribution in [0.1, 0.15) is 37.7 Å². The fraction of sp³-hybridized carbons (Fsp3) is 0.136.